The Balaban J connectivity index is 1.99. The molecule has 1 fully saturated rings. The maximum Gasteiger partial charge on any atom is 0.119 e. The van der Waals surface area contributed by atoms with Crippen LogP contribution >= 0.6 is 0 Å². The molecule has 1 atom stereocenters. The van der Waals surface area contributed by atoms with Crippen LogP contribution in [0.25, 0.3) is 0 Å². The molecule has 3 nitrogen and oxygen atoms in total. The first-order valence-electron chi connectivity index (χ1n) is 7.29. The monoisotopic (exact) mass is 263 g/mol. The molecule has 0 radical (unpaired) electrons. The lowest BCUT2D eigenvalue weighted by Crippen LogP contribution is -2.29. The first-order chi connectivity index (χ1) is 9.06. The van der Waals surface area contributed by atoms with E-state index in [-0.39, 0.29) is 17.5 Å². The van der Waals surface area contributed by atoms with E-state index >= 15 is 0 Å². The zero-order valence-electron chi connectivity index (χ0n) is 12.0. The van der Waals surface area contributed by atoms with Crippen LogP contribution in [0.4, 0.5) is 0 Å². The Morgan fingerprint density at radius 2 is 1.68 bits per heavy atom. The summed E-state index contributed by atoms with van der Waals surface area (Å²) < 4.78 is 0. The van der Waals surface area contributed by atoms with E-state index in [0.717, 1.165) is 18.0 Å². The third kappa shape index (κ3) is 3.87. The van der Waals surface area contributed by atoms with Gasteiger partial charge in [0, 0.05) is 18.7 Å². The lowest BCUT2D eigenvalue weighted by atomic mass is 9.88. The Hall–Kier alpha value is -1.22. The minimum atomic E-state index is 0.132. The van der Waals surface area contributed by atoms with Crippen LogP contribution in [-0.2, 0) is 0 Å². The van der Waals surface area contributed by atoms with Gasteiger partial charge in [0.25, 0.3) is 0 Å². The summed E-state index contributed by atoms with van der Waals surface area (Å²) in [6, 6.07) is 5.06. The van der Waals surface area contributed by atoms with Crippen LogP contribution in [0, 0.1) is 5.92 Å². The van der Waals surface area contributed by atoms with Crippen molar-refractivity contribution in [2.45, 2.75) is 45.1 Å². The number of rotatable bonds is 4. The minimum Gasteiger partial charge on any atom is -0.508 e. The molecule has 1 aromatic carbocycles. The van der Waals surface area contributed by atoms with E-state index in [2.05, 4.69) is 18.9 Å². The highest BCUT2D eigenvalue weighted by Crippen LogP contribution is 2.30. The molecule has 1 aliphatic rings. The average Bonchev–Trinajstić information content (AvgIpc) is 2.37. The van der Waals surface area contributed by atoms with Gasteiger partial charge in [0.15, 0.2) is 0 Å². The molecule has 0 bridgehead atoms. The minimum absolute atomic E-state index is 0.132. The van der Waals surface area contributed by atoms with E-state index in [1.807, 2.05) is 0 Å². The molecule has 0 amide bonds. The SMILES string of the molecule is CC(c1cc(O)cc(O)c1)N(C)CC1CCCCC1. The van der Waals surface area contributed by atoms with Gasteiger partial charge in [-0.2, -0.15) is 0 Å². The highest BCUT2D eigenvalue weighted by molar-refractivity contribution is 5.37. The normalized spacial score (nSPS) is 18.7. The van der Waals surface area contributed by atoms with Crippen LogP contribution in [0.5, 0.6) is 11.5 Å². The molecule has 0 aliphatic heterocycles. The number of phenols is 2. The molecular formula is C16H25NO2. The largest absolute Gasteiger partial charge is 0.508 e. The van der Waals surface area contributed by atoms with Crippen molar-refractivity contribution < 1.29 is 10.2 Å². The maximum atomic E-state index is 9.57. The van der Waals surface area contributed by atoms with Gasteiger partial charge >= 0.3 is 0 Å². The van der Waals surface area contributed by atoms with Crippen LogP contribution in [0.2, 0.25) is 0 Å². The van der Waals surface area contributed by atoms with Crippen molar-refractivity contribution in [3.05, 3.63) is 23.8 Å². The van der Waals surface area contributed by atoms with Crippen molar-refractivity contribution >= 4 is 0 Å². The van der Waals surface area contributed by atoms with E-state index in [4.69, 9.17) is 0 Å². The van der Waals surface area contributed by atoms with Gasteiger partial charge in [-0.1, -0.05) is 19.3 Å². The molecule has 0 saturated heterocycles. The lowest BCUT2D eigenvalue weighted by molar-refractivity contribution is 0.191. The number of aromatic hydroxyl groups is 2. The highest BCUT2D eigenvalue weighted by atomic mass is 16.3. The van der Waals surface area contributed by atoms with E-state index < -0.39 is 0 Å². The second-order valence-electron chi connectivity index (χ2n) is 5.90. The third-order valence-corrected chi connectivity index (χ3v) is 4.34. The Labute approximate surface area is 115 Å². The lowest BCUT2D eigenvalue weighted by Gasteiger charge is -2.31. The van der Waals surface area contributed by atoms with Gasteiger partial charge in [-0.3, -0.25) is 4.90 Å². The van der Waals surface area contributed by atoms with E-state index in [1.54, 1.807) is 12.1 Å². The summed E-state index contributed by atoms with van der Waals surface area (Å²) in [5.74, 6) is 1.06. The average molecular weight is 263 g/mol. The zero-order chi connectivity index (χ0) is 13.8. The molecule has 1 aromatic rings. The molecule has 1 aliphatic carbocycles. The number of hydrogen-bond acceptors (Lipinski definition) is 3. The van der Waals surface area contributed by atoms with Crippen molar-refractivity contribution in [1.82, 2.24) is 4.90 Å². The van der Waals surface area contributed by atoms with Crippen molar-refractivity contribution in [3.8, 4) is 11.5 Å². The fourth-order valence-electron chi connectivity index (χ4n) is 3.05. The topological polar surface area (TPSA) is 43.7 Å². The molecule has 1 saturated carbocycles. The predicted molar refractivity (Wildman–Crippen MR) is 77.4 cm³/mol. The summed E-state index contributed by atoms with van der Waals surface area (Å²) in [5, 5.41) is 19.1. The summed E-state index contributed by atoms with van der Waals surface area (Å²) in [7, 11) is 2.13. The number of benzene rings is 1. The Bertz CT molecular complexity index is 393. The van der Waals surface area contributed by atoms with Crippen LogP contribution in [-0.4, -0.2) is 28.7 Å². The van der Waals surface area contributed by atoms with Crippen molar-refractivity contribution in [2.24, 2.45) is 5.92 Å². The molecule has 19 heavy (non-hydrogen) atoms. The Morgan fingerprint density at radius 1 is 1.11 bits per heavy atom. The standard InChI is InChI=1S/C16H25NO2/c1-12(14-8-15(18)10-16(19)9-14)17(2)11-13-6-4-3-5-7-13/h8-10,12-13,18-19H,3-7,11H2,1-2H3. The summed E-state index contributed by atoms with van der Waals surface area (Å²) in [6.45, 7) is 3.22. The summed E-state index contributed by atoms with van der Waals surface area (Å²) >= 11 is 0. The molecule has 2 rings (SSSR count). The molecular weight excluding hydrogens is 238 g/mol. The third-order valence-electron chi connectivity index (χ3n) is 4.34. The van der Waals surface area contributed by atoms with Crippen LogP contribution in [0.15, 0.2) is 18.2 Å². The summed E-state index contributed by atoms with van der Waals surface area (Å²) in [6.07, 6.45) is 6.78. The summed E-state index contributed by atoms with van der Waals surface area (Å²) in [5.41, 5.74) is 0.968. The predicted octanol–water partition coefficient (Wildman–Crippen LogP) is 3.67. The van der Waals surface area contributed by atoms with Gasteiger partial charge in [-0.25, -0.2) is 0 Å². The van der Waals surface area contributed by atoms with E-state index in [9.17, 15) is 10.2 Å². The molecule has 0 heterocycles. The molecule has 2 N–H and O–H groups in total. The van der Waals surface area contributed by atoms with Crippen molar-refractivity contribution in [3.63, 3.8) is 0 Å². The number of phenolic OH excluding ortho intramolecular Hbond substituents is 2. The second-order valence-corrected chi connectivity index (χ2v) is 5.90. The van der Waals surface area contributed by atoms with Crippen LogP contribution < -0.4 is 0 Å². The highest BCUT2D eigenvalue weighted by Gasteiger charge is 2.19. The molecule has 3 heteroatoms. The van der Waals surface area contributed by atoms with Gasteiger partial charge in [-0.05, 0) is 50.4 Å². The molecule has 0 spiro atoms. The smallest absolute Gasteiger partial charge is 0.119 e. The van der Waals surface area contributed by atoms with Gasteiger partial charge in [0.05, 0.1) is 0 Å². The Morgan fingerprint density at radius 3 is 2.26 bits per heavy atom. The number of hydrogen-bond donors (Lipinski definition) is 2. The van der Waals surface area contributed by atoms with Gasteiger partial charge in [-0.15, -0.1) is 0 Å². The van der Waals surface area contributed by atoms with Crippen molar-refractivity contribution in [2.75, 3.05) is 13.6 Å². The van der Waals surface area contributed by atoms with Crippen LogP contribution in [0.1, 0.15) is 50.6 Å². The maximum absolute atomic E-state index is 9.57. The first-order valence-corrected chi connectivity index (χ1v) is 7.29. The van der Waals surface area contributed by atoms with Gasteiger partial charge < -0.3 is 10.2 Å². The van der Waals surface area contributed by atoms with E-state index in [0.29, 0.717) is 0 Å². The molecule has 106 valence electrons. The summed E-state index contributed by atoms with van der Waals surface area (Å²) in [4.78, 5) is 2.32. The van der Waals surface area contributed by atoms with Crippen LogP contribution in [0.3, 0.4) is 0 Å². The van der Waals surface area contributed by atoms with Gasteiger partial charge in [0.2, 0.25) is 0 Å². The fraction of sp³-hybridized carbons (Fsp3) is 0.625. The zero-order valence-corrected chi connectivity index (χ0v) is 12.0. The number of nitrogens with zero attached hydrogens (tertiary/aromatic N) is 1. The van der Waals surface area contributed by atoms with E-state index in [1.165, 1.54) is 38.2 Å². The van der Waals surface area contributed by atoms with Gasteiger partial charge in [0.1, 0.15) is 11.5 Å². The first kappa shape index (κ1) is 14.2. The molecule has 0 aromatic heterocycles. The quantitative estimate of drug-likeness (QED) is 0.871. The second kappa shape index (κ2) is 6.29. The molecule has 1 unspecified atom stereocenters. The van der Waals surface area contributed by atoms with Crippen molar-refractivity contribution in [1.29, 1.82) is 0 Å². The fourth-order valence-corrected chi connectivity index (χ4v) is 3.05. The Kier molecular flexibility index (Phi) is 4.70.